The fraction of sp³-hybridized carbons (Fsp3) is 0.133. The van der Waals surface area contributed by atoms with E-state index in [1.165, 1.54) is 35.2 Å². The lowest BCUT2D eigenvalue weighted by molar-refractivity contribution is -0.119. The van der Waals surface area contributed by atoms with Gasteiger partial charge in [-0.1, -0.05) is 12.1 Å². The smallest absolute Gasteiger partial charge is 0.248 e. The average molecular weight is 292 g/mol. The molecule has 2 aromatic rings. The molecule has 1 aliphatic heterocycles. The summed E-state index contributed by atoms with van der Waals surface area (Å²) in [6.07, 6.45) is 0. The third-order valence-electron chi connectivity index (χ3n) is 3.51. The Morgan fingerprint density at radius 3 is 2.67 bits per heavy atom. The normalized spacial score (nSPS) is 17.2. The first kappa shape index (κ1) is 13.6. The summed E-state index contributed by atoms with van der Waals surface area (Å²) >= 11 is 0. The Kier molecular flexibility index (Phi) is 3.17. The lowest BCUT2D eigenvalue weighted by atomic mass is 10.1. The predicted molar refractivity (Wildman–Crippen MR) is 70.9 cm³/mol. The van der Waals surface area contributed by atoms with Crippen LogP contribution < -0.4 is 10.6 Å². The molecule has 21 heavy (non-hydrogen) atoms. The highest BCUT2D eigenvalue weighted by Crippen LogP contribution is 2.36. The third-order valence-corrected chi connectivity index (χ3v) is 3.51. The van der Waals surface area contributed by atoms with Gasteiger partial charge in [-0.05, 0) is 24.3 Å². The zero-order chi connectivity index (χ0) is 15.1. The molecule has 1 amide bonds. The molecule has 0 fully saturated rings. The molecular weight excluding hydrogens is 281 g/mol. The van der Waals surface area contributed by atoms with Crippen LogP contribution in [-0.4, -0.2) is 5.91 Å². The summed E-state index contributed by atoms with van der Waals surface area (Å²) in [5.41, 5.74) is 6.54. The van der Waals surface area contributed by atoms with Gasteiger partial charge in [0.1, 0.15) is 11.9 Å². The molecule has 0 aliphatic carbocycles. The average Bonchev–Trinajstić information content (AvgIpc) is 2.69. The second-order valence-corrected chi connectivity index (χ2v) is 4.82. The van der Waals surface area contributed by atoms with Crippen molar-refractivity contribution in [2.45, 2.75) is 12.6 Å². The second kappa shape index (κ2) is 4.89. The fourth-order valence-electron chi connectivity index (χ4n) is 2.44. The van der Waals surface area contributed by atoms with Crippen LogP contribution >= 0.6 is 0 Å². The highest BCUT2D eigenvalue weighted by molar-refractivity contribution is 6.04. The maximum Gasteiger partial charge on any atom is 0.248 e. The standard InChI is InChI=1S/C15H11F3N2O/c16-9-4-5-12-10(6-9)14(19)15(21)20(12)7-8-2-1-3-11(17)13(8)18/h1-6,14H,7,19H2. The summed E-state index contributed by atoms with van der Waals surface area (Å²) in [4.78, 5) is 13.4. The molecule has 0 saturated heterocycles. The van der Waals surface area contributed by atoms with Crippen molar-refractivity contribution in [3.63, 3.8) is 0 Å². The van der Waals surface area contributed by atoms with Gasteiger partial charge in [0.2, 0.25) is 5.91 Å². The number of nitrogens with zero attached hydrogens (tertiary/aromatic N) is 1. The van der Waals surface area contributed by atoms with E-state index in [1.807, 2.05) is 0 Å². The van der Waals surface area contributed by atoms with Gasteiger partial charge < -0.3 is 10.6 Å². The molecule has 6 heteroatoms. The van der Waals surface area contributed by atoms with Gasteiger partial charge in [0.05, 0.1) is 6.54 Å². The summed E-state index contributed by atoms with van der Waals surface area (Å²) < 4.78 is 40.2. The number of nitrogens with two attached hydrogens (primary N) is 1. The minimum atomic E-state index is -1.01. The van der Waals surface area contributed by atoms with E-state index in [4.69, 9.17) is 5.73 Å². The summed E-state index contributed by atoms with van der Waals surface area (Å²) in [7, 11) is 0. The minimum Gasteiger partial charge on any atom is -0.316 e. The van der Waals surface area contributed by atoms with Crippen LogP contribution in [-0.2, 0) is 11.3 Å². The molecule has 1 heterocycles. The van der Waals surface area contributed by atoms with Crippen molar-refractivity contribution >= 4 is 11.6 Å². The number of hydrogen-bond donors (Lipinski definition) is 1. The quantitative estimate of drug-likeness (QED) is 0.925. The lowest BCUT2D eigenvalue weighted by Crippen LogP contribution is -2.31. The molecule has 1 atom stereocenters. The Balaban J connectivity index is 2.01. The van der Waals surface area contributed by atoms with E-state index in [1.54, 1.807) is 0 Å². The molecule has 0 bridgehead atoms. The van der Waals surface area contributed by atoms with E-state index in [9.17, 15) is 18.0 Å². The first-order chi connectivity index (χ1) is 9.99. The maximum absolute atomic E-state index is 13.7. The van der Waals surface area contributed by atoms with E-state index < -0.39 is 29.4 Å². The van der Waals surface area contributed by atoms with E-state index in [0.29, 0.717) is 11.3 Å². The van der Waals surface area contributed by atoms with Crippen molar-refractivity contribution in [1.29, 1.82) is 0 Å². The van der Waals surface area contributed by atoms with Crippen molar-refractivity contribution in [3.8, 4) is 0 Å². The molecule has 3 rings (SSSR count). The van der Waals surface area contributed by atoms with Gasteiger partial charge in [0.25, 0.3) is 0 Å². The molecule has 0 spiro atoms. The monoisotopic (exact) mass is 292 g/mol. The van der Waals surface area contributed by atoms with E-state index >= 15 is 0 Å². The van der Waals surface area contributed by atoms with Crippen molar-refractivity contribution in [3.05, 3.63) is 65.0 Å². The van der Waals surface area contributed by atoms with Crippen LogP contribution in [0.25, 0.3) is 0 Å². The molecule has 1 unspecified atom stereocenters. The Morgan fingerprint density at radius 1 is 1.14 bits per heavy atom. The van der Waals surface area contributed by atoms with Crippen LogP contribution in [0.2, 0.25) is 0 Å². The third kappa shape index (κ3) is 2.17. The molecule has 0 radical (unpaired) electrons. The van der Waals surface area contributed by atoms with Crippen molar-refractivity contribution < 1.29 is 18.0 Å². The number of carbonyl (C=O) groups is 1. The van der Waals surface area contributed by atoms with Gasteiger partial charge in [-0.25, -0.2) is 13.2 Å². The van der Waals surface area contributed by atoms with Crippen molar-refractivity contribution in [1.82, 2.24) is 0 Å². The molecule has 0 aromatic heterocycles. The van der Waals surface area contributed by atoms with Crippen molar-refractivity contribution in [2.24, 2.45) is 5.73 Å². The SMILES string of the molecule is NC1C(=O)N(Cc2cccc(F)c2F)c2ccc(F)cc21. The summed E-state index contributed by atoms with van der Waals surface area (Å²) in [6.45, 7) is -0.158. The summed E-state index contributed by atoms with van der Waals surface area (Å²) in [5.74, 6) is -2.97. The Bertz CT molecular complexity index is 733. The van der Waals surface area contributed by atoms with E-state index in [2.05, 4.69) is 0 Å². The van der Waals surface area contributed by atoms with Crippen LogP contribution in [0.4, 0.5) is 18.9 Å². The number of anilines is 1. The van der Waals surface area contributed by atoms with Crippen LogP contribution in [0.3, 0.4) is 0 Å². The highest BCUT2D eigenvalue weighted by Gasteiger charge is 2.35. The molecule has 0 saturated carbocycles. The van der Waals surface area contributed by atoms with Gasteiger partial charge in [0, 0.05) is 16.8 Å². The Morgan fingerprint density at radius 2 is 1.90 bits per heavy atom. The van der Waals surface area contributed by atoms with Gasteiger partial charge in [-0.15, -0.1) is 0 Å². The number of halogens is 3. The molecule has 2 N–H and O–H groups in total. The van der Waals surface area contributed by atoms with E-state index in [0.717, 1.165) is 6.07 Å². The molecule has 3 nitrogen and oxygen atoms in total. The zero-order valence-electron chi connectivity index (χ0n) is 10.8. The van der Waals surface area contributed by atoms with Crippen LogP contribution in [0.5, 0.6) is 0 Å². The minimum absolute atomic E-state index is 0.0349. The number of rotatable bonds is 2. The highest BCUT2D eigenvalue weighted by atomic mass is 19.2. The van der Waals surface area contributed by atoms with Crippen molar-refractivity contribution in [2.75, 3.05) is 4.90 Å². The predicted octanol–water partition coefficient (Wildman–Crippen LogP) is 2.65. The van der Waals surface area contributed by atoms with Gasteiger partial charge in [0.15, 0.2) is 11.6 Å². The van der Waals surface area contributed by atoms with Crippen LogP contribution in [0.1, 0.15) is 17.2 Å². The van der Waals surface area contributed by atoms with Crippen LogP contribution in [0, 0.1) is 17.5 Å². The molecular formula is C15H11F3N2O. The van der Waals surface area contributed by atoms with Gasteiger partial charge >= 0.3 is 0 Å². The summed E-state index contributed by atoms with van der Waals surface area (Å²) in [5, 5.41) is 0. The first-order valence-electron chi connectivity index (χ1n) is 6.28. The Labute approximate surface area is 118 Å². The lowest BCUT2D eigenvalue weighted by Gasteiger charge is -2.18. The largest absolute Gasteiger partial charge is 0.316 e. The summed E-state index contributed by atoms with van der Waals surface area (Å²) in [6, 6.07) is 6.54. The fourth-order valence-corrected chi connectivity index (χ4v) is 2.44. The number of amides is 1. The maximum atomic E-state index is 13.7. The zero-order valence-corrected chi connectivity index (χ0v) is 10.8. The van der Waals surface area contributed by atoms with E-state index in [-0.39, 0.29) is 12.1 Å². The van der Waals surface area contributed by atoms with Gasteiger partial charge in [-0.2, -0.15) is 0 Å². The van der Waals surface area contributed by atoms with Gasteiger partial charge in [-0.3, -0.25) is 4.79 Å². The molecule has 2 aromatic carbocycles. The first-order valence-corrected chi connectivity index (χ1v) is 6.28. The molecule has 108 valence electrons. The Hall–Kier alpha value is -2.34. The number of benzene rings is 2. The number of hydrogen-bond acceptors (Lipinski definition) is 2. The number of fused-ring (bicyclic) bond motifs is 1. The van der Waals surface area contributed by atoms with Crippen LogP contribution in [0.15, 0.2) is 36.4 Å². The molecule has 1 aliphatic rings. The second-order valence-electron chi connectivity index (χ2n) is 4.82. The topological polar surface area (TPSA) is 46.3 Å². The number of carbonyl (C=O) groups excluding carboxylic acids is 1.